The zero-order valence-corrected chi connectivity index (χ0v) is 53.1. The van der Waals surface area contributed by atoms with Gasteiger partial charge in [-0.05, 0) is 155 Å². The lowest BCUT2D eigenvalue weighted by molar-refractivity contribution is 0.414. The number of rotatable bonds is 8. The fourth-order valence-corrected chi connectivity index (χ4v) is 11.2. The van der Waals surface area contributed by atoms with E-state index in [1.54, 1.807) is 14.2 Å². The molecule has 0 amide bonds. The summed E-state index contributed by atoms with van der Waals surface area (Å²) in [7, 11) is 3.43. The first kappa shape index (κ1) is 58.3. The Hall–Kier alpha value is -7.90. The number of ether oxygens (including phenoxy) is 2. The molecule has 2 aliphatic rings. The Balaban J connectivity index is 1.47. The maximum Gasteiger partial charge on any atom is 0.120 e. The van der Waals surface area contributed by atoms with Crippen molar-refractivity contribution >= 4 is 63.4 Å². The molecule has 83 heavy (non-hydrogen) atoms. The van der Waals surface area contributed by atoms with Crippen molar-refractivity contribution in [3.63, 3.8) is 0 Å². The standard InChI is InChI=1S/C76H87N5O2/c1-71(2,3)49-35-46(36-50(41-49)72(4,5)6)67-59-27-29-61(77-59)68(47-37-51(73(7,8)9)42-52(38-47)74(10,11)12)63-31-33-65(79-63)70(81(55-23-21-25-57(44-55)82-19)56-24-22-26-58(45-56)83-20)66-34-32-64(80-66)69(62-30-28-60(67)78-62)48-39-53(75(13,14)15)43-54(40-48)76(16,17)18/h21-45,77,80H,1-20H3. The number of H-pyrrole nitrogens is 2. The highest BCUT2D eigenvalue weighted by atomic mass is 16.5. The number of benzene rings is 5. The molecule has 0 saturated heterocycles. The van der Waals surface area contributed by atoms with E-state index >= 15 is 0 Å². The number of aromatic nitrogens is 4. The molecule has 428 valence electrons. The maximum atomic E-state index is 5.95. The zero-order valence-electron chi connectivity index (χ0n) is 53.1. The molecule has 2 aliphatic heterocycles. The normalized spacial score (nSPS) is 13.2. The second kappa shape index (κ2) is 21.1. The van der Waals surface area contributed by atoms with E-state index in [1.165, 1.54) is 33.4 Å². The molecule has 0 aliphatic carbocycles. The highest BCUT2D eigenvalue weighted by molar-refractivity contribution is 6.01. The predicted octanol–water partition coefficient (Wildman–Crippen LogP) is 20.9. The van der Waals surface area contributed by atoms with Crippen molar-refractivity contribution in [2.45, 2.75) is 157 Å². The van der Waals surface area contributed by atoms with E-state index in [-0.39, 0.29) is 32.5 Å². The van der Waals surface area contributed by atoms with Crippen LogP contribution in [0.5, 0.6) is 11.5 Å². The van der Waals surface area contributed by atoms with Gasteiger partial charge < -0.3 is 24.3 Å². The van der Waals surface area contributed by atoms with Crippen molar-refractivity contribution in [1.82, 2.24) is 19.9 Å². The van der Waals surface area contributed by atoms with E-state index in [0.29, 0.717) is 0 Å². The summed E-state index contributed by atoms with van der Waals surface area (Å²) in [6.45, 7) is 41.5. The Morgan fingerprint density at radius 2 is 0.602 bits per heavy atom. The van der Waals surface area contributed by atoms with Gasteiger partial charge in [0.25, 0.3) is 0 Å². The number of methoxy groups -OCH3 is 2. The van der Waals surface area contributed by atoms with E-state index in [0.717, 1.165) is 107 Å². The largest absolute Gasteiger partial charge is 0.497 e. The quantitative estimate of drug-likeness (QED) is 0.158. The summed E-state index contributed by atoms with van der Waals surface area (Å²) in [5.74, 6) is 1.47. The number of fused-ring (bicyclic) bond motifs is 8. The third-order valence-corrected chi connectivity index (χ3v) is 16.4. The van der Waals surface area contributed by atoms with Crippen LogP contribution in [0.1, 0.15) is 181 Å². The molecule has 5 aromatic carbocycles. The first-order chi connectivity index (χ1) is 38.8. The molecule has 10 rings (SSSR count). The SMILES string of the molecule is COc1cccc(N(c2cccc(OC)c2)c2c3nc(c(-c4cc(C(C)(C)C)cc(C(C)(C)C)c4)c4ccc([nH]4)c(-c4cc(C(C)(C)C)cc(C(C)(C)C)c4)c4nc(c(-c5cc(C(C)(C)C)cc(C(C)(C)C)c5)c5ccc2[nH]5)C=C4)C=C3)c1. The van der Waals surface area contributed by atoms with Crippen molar-refractivity contribution in [3.8, 4) is 44.9 Å². The molecule has 0 spiro atoms. The number of anilines is 3. The molecule has 8 bridgehead atoms. The summed E-state index contributed by atoms with van der Waals surface area (Å²) in [5.41, 5.74) is 22.9. The Bertz CT molecular complexity index is 3840. The lowest BCUT2D eigenvalue weighted by Gasteiger charge is -2.27. The van der Waals surface area contributed by atoms with Crippen LogP contribution in [-0.2, 0) is 32.5 Å². The fraction of sp³-hybridized carbons (Fsp3) is 0.342. The topological polar surface area (TPSA) is 79.1 Å². The zero-order chi connectivity index (χ0) is 59.9. The van der Waals surface area contributed by atoms with Crippen molar-refractivity contribution in [1.29, 1.82) is 0 Å². The van der Waals surface area contributed by atoms with Gasteiger partial charge in [-0.25, -0.2) is 9.97 Å². The van der Waals surface area contributed by atoms with Gasteiger partial charge in [0, 0.05) is 56.7 Å². The van der Waals surface area contributed by atoms with Crippen LogP contribution in [0.2, 0.25) is 0 Å². The number of nitrogens with one attached hydrogen (secondary N) is 2. The number of hydrogen-bond donors (Lipinski definition) is 2. The van der Waals surface area contributed by atoms with Crippen LogP contribution in [0.25, 0.3) is 79.8 Å². The third kappa shape index (κ3) is 11.9. The highest BCUT2D eigenvalue weighted by Gasteiger charge is 2.29. The summed E-state index contributed by atoms with van der Waals surface area (Å²) in [6, 6.07) is 46.9. The molecule has 0 unspecified atom stereocenters. The average Bonchev–Trinajstić information content (AvgIpc) is 4.39. The van der Waals surface area contributed by atoms with Gasteiger partial charge in [0.1, 0.15) is 11.5 Å². The first-order valence-electron chi connectivity index (χ1n) is 29.5. The van der Waals surface area contributed by atoms with Crippen molar-refractivity contribution in [2.24, 2.45) is 0 Å². The number of nitrogens with zero attached hydrogens (tertiary/aromatic N) is 3. The maximum absolute atomic E-state index is 5.95. The van der Waals surface area contributed by atoms with Crippen LogP contribution in [0, 0.1) is 0 Å². The van der Waals surface area contributed by atoms with Gasteiger partial charge >= 0.3 is 0 Å². The monoisotopic (exact) mass is 1100 g/mol. The molecule has 0 radical (unpaired) electrons. The van der Waals surface area contributed by atoms with Crippen LogP contribution in [0.3, 0.4) is 0 Å². The van der Waals surface area contributed by atoms with Crippen molar-refractivity contribution in [3.05, 3.63) is 184 Å². The van der Waals surface area contributed by atoms with E-state index in [2.05, 4.69) is 267 Å². The van der Waals surface area contributed by atoms with E-state index in [9.17, 15) is 0 Å². The second-order valence-electron chi connectivity index (χ2n) is 29.1. The minimum Gasteiger partial charge on any atom is -0.497 e. The Labute approximate surface area is 495 Å². The van der Waals surface area contributed by atoms with Gasteiger partial charge in [0.2, 0.25) is 0 Å². The van der Waals surface area contributed by atoms with Gasteiger partial charge in [-0.2, -0.15) is 0 Å². The molecular formula is C76H87N5O2. The molecule has 3 aromatic heterocycles. The van der Waals surface area contributed by atoms with Gasteiger partial charge in [-0.15, -0.1) is 0 Å². The number of hydrogen-bond acceptors (Lipinski definition) is 5. The molecule has 5 heterocycles. The third-order valence-electron chi connectivity index (χ3n) is 16.4. The van der Waals surface area contributed by atoms with Crippen LogP contribution in [-0.4, -0.2) is 34.2 Å². The van der Waals surface area contributed by atoms with Crippen molar-refractivity contribution < 1.29 is 9.47 Å². The Morgan fingerprint density at radius 3 is 0.904 bits per heavy atom. The first-order valence-corrected chi connectivity index (χ1v) is 29.5. The van der Waals surface area contributed by atoms with Gasteiger partial charge in [-0.3, -0.25) is 0 Å². The summed E-state index contributed by atoms with van der Waals surface area (Å²) >= 11 is 0. The molecule has 0 atom stereocenters. The molecule has 2 N–H and O–H groups in total. The highest BCUT2D eigenvalue weighted by Crippen LogP contribution is 2.46. The van der Waals surface area contributed by atoms with Crippen LogP contribution in [0.15, 0.2) is 127 Å². The molecule has 0 saturated carbocycles. The van der Waals surface area contributed by atoms with Crippen molar-refractivity contribution in [2.75, 3.05) is 19.1 Å². The van der Waals surface area contributed by atoms with Crippen LogP contribution in [0.4, 0.5) is 17.1 Å². The molecule has 7 heteroatoms. The van der Waals surface area contributed by atoms with Gasteiger partial charge in [0.05, 0.1) is 48.2 Å². The van der Waals surface area contributed by atoms with E-state index < -0.39 is 0 Å². The summed E-state index contributed by atoms with van der Waals surface area (Å²) < 4.78 is 11.9. The van der Waals surface area contributed by atoms with Crippen LogP contribution >= 0.6 is 0 Å². The Morgan fingerprint density at radius 1 is 0.325 bits per heavy atom. The van der Waals surface area contributed by atoms with Gasteiger partial charge in [-0.1, -0.05) is 191 Å². The molecule has 8 aromatic rings. The predicted molar refractivity (Wildman–Crippen MR) is 355 cm³/mol. The Kier molecular flexibility index (Phi) is 14.8. The molecular weight excluding hydrogens is 1010 g/mol. The summed E-state index contributed by atoms with van der Waals surface area (Å²) in [6.07, 6.45) is 8.84. The molecule has 7 nitrogen and oxygen atoms in total. The lowest BCUT2D eigenvalue weighted by atomic mass is 9.78. The van der Waals surface area contributed by atoms with E-state index in [4.69, 9.17) is 19.4 Å². The smallest absolute Gasteiger partial charge is 0.120 e. The van der Waals surface area contributed by atoms with Crippen LogP contribution < -0.4 is 14.4 Å². The summed E-state index contributed by atoms with van der Waals surface area (Å²) in [4.78, 5) is 22.2. The van der Waals surface area contributed by atoms with E-state index in [1.807, 2.05) is 24.3 Å². The minimum absolute atomic E-state index is 0.120. The summed E-state index contributed by atoms with van der Waals surface area (Å²) in [5, 5.41) is 0. The minimum atomic E-state index is -0.135. The number of aromatic amines is 2. The second-order valence-corrected chi connectivity index (χ2v) is 29.1. The van der Waals surface area contributed by atoms with Gasteiger partial charge in [0.15, 0.2) is 0 Å². The lowest BCUT2D eigenvalue weighted by Crippen LogP contribution is -2.16. The molecule has 0 fully saturated rings. The fourth-order valence-electron chi connectivity index (χ4n) is 11.2. The average molecular weight is 1100 g/mol.